The number of benzene rings is 2. The van der Waals surface area contributed by atoms with E-state index in [2.05, 4.69) is 11.9 Å². The third kappa shape index (κ3) is 8.72. The molecule has 1 aliphatic rings. The summed E-state index contributed by atoms with van der Waals surface area (Å²) in [5.74, 6) is 0.231. The van der Waals surface area contributed by atoms with E-state index in [4.69, 9.17) is 15.6 Å². The zero-order valence-corrected chi connectivity index (χ0v) is 20.2. The fourth-order valence-electron chi connectivity index (χ4n) is 3.72. The number of halogens is 2. The van der Waals surface area contributed by atoms with Gasteiger partial charge in [-0.15, -0.1) is 11.8 Å². The average molecular weight is 501 g/mol. The van der Waals surface area contributed by atoms with Crippen LogP contribution in [-0.4, -0.2) is 29.9 Å². The fraction of sp³-hybridized carbons (Fsp3) is 0.259. The van der Waals surface area contributed by atoms with Gasteiger partial charge >= 0.3 is 0 Å². The Bertz CT molecular complexity index is 1050. The number of allylic oxidation sites excluding steroid dienone is 4. The number of rotatable bonds is 10. The quantitative estimate of drug-likeness (QED) is 0.145. The van der Waals surface area contributed by atoms with Crippen LogP contribution in [0, 0.1) is 5.92 Å². The number of carboxylic acid groups (broad SMARTS) is 1. The molecule has 1 fully saturated rings. The molecule has 1 aliphatic carbocycles. The first-order chi connectivity index (χ1) is 16.9. The molecule has 3 rings (SSSR count). The van der Waals surface area contributed by atoms with Gasteiger partial charge in [0.25, 0.3) is 6.47 Å². The molecule has 0 unspecified atom stereocenters. The number of nitrogens with one attached hydrogen (secondary N) is 1. The molecule has 0 radical (unpaired) electrons. The molecule has 0 bridgehead atoms. The lowest BCUT2D eigenvalue weighted by Crippen LogP contribution is -2.10. The van der Waals surface area contributed by atoms with E-state index in [-0.39, 0.29) is 28.8 Å². The van der Waals surface area contributed by atoms with Crippen LogP contribution in [-0.2, 0) is 4.79 Å². The molecule has 5 nitrogen and oxygen atoms in total. The van der Waals surface area contributed by atoms with Crippen molar-refractivity contribution in [1.82, 2.24) is 0 Å². The molecule has 4 N–H and O–H groups in total. The lowest BCUT2D eigenvalue weighted by molar-refractivity contribution is -0.122. The van der Waals surface area contributed by atoms with E-state index >= 15 is 0 Å². The lowest BCUT2D eigenvalue weighted by Gasteiger charge is -2.10. The van der Waals surface area contributed by atoms with E-state index in [1.54, 1.807) is 0 Å². The maximum Gasteiger partial charge on any atom is 0.290 e. The van der Waals surface area contributed by atoms with Gasteiger partial charge in [0.15, 0.2) is 5.78 Å². The van der Waals surface area contributed by atoms with Crippen LogP contribution in [0.1, 0.15) is 36.0 Å². The van der Waals surface area contributed by atoms with Crippen LogP contribution in [0.4, 0.5) is 14.5 Å². The predicted octanol–water partition coefficient (Wildman–Crippen LogP) is 6.71. The molecule has 8 heteroatoms. The highest BCUT2D eigenvalue weighted by molar-refractivity contribution is 8.03. The summed E-state index contributed by atoms with van der Waals surface area (Å²) < 4.78 is 26.5. The van der Waals surface area contributed by atoms with Crippen molar-refractivity contribution in [2.45, 2.75) is 25.7 Å². The number of ketones is 1. The monoisotopic (exact) mass is 500 g/mol. The van der Waals surface area contributed by atoms with Crippen molar-refractivity contribution >= 4 is 29.7 Å². The van der Waals surface area contributed by atoms with Gasteiger partial charge in [-0.25, -0.2) is 8.78 Å². The molecule has 35 heavy (non-hydrogen) atoms. The second-order valence-electron chi connectivity index (χ2n) is 7.82. The topological polar surface area (TPSA) is 92.4 Å². The number of hydrogen-bond acceptors (Lipinski definition) is 5. The van der Waals surface area contributed by atoms with E-state index in [9.17, 15) is 13.6 Å². The number of alkyl halides is 1. The van der Waals surface area contributed by atoms with Gasteiger partial charge in [0.1, 0.15) is 12.5 Å². The molecular formula is C27H30F2N2O3S. The normalized spacial score (nSPS) is 14.4. The molecule has 2 aromatic carbocycles. The molecule has 0 spiro atoms. The maximum absolute atomic E-state index is 13.2. The first kappa shape index (κ1) is 27.9. The fourth-order valence-corrected chi connectivity index (χ4v) is 4.44. The Balaban J connectivity index is 0.00000137. The second kappa shape index (κ2) is 14.8. The van der Waals surface area contributed by atoms with Crippen molar-refractivity contribution in [2.75, 3.05) is 17.9 Å². The Morgan fingerprint density at radius 3 is 2.17 bits per heavy atom. The lowest BCUT2D eigenvalue weighted by atomic mass is 9.94. The van der Waals surface area contributed by atoms with E-state index in [0.29, 0.717) is 5.88 Å². The zero-order valence-electron chi connectivity index (χ0n) is 19.4. The summed E-state index contributed by atoms with van der Waals surface area (Å²) >= 11 is 1.18. The Labute approximate surface area is 208 Å². The minimum absolute atomic E-state index is 0.0573. The van der Waals surface area contributed by atoms with Crippen LogP contribution >= 0.6 is 11.8 Å². The molecular weight excluding hydrogens is 470 g/mol. The molecule has 186 valence electrons. The van der Waals surface area contributed by atoms with Gasteiger partial charge in [-0.1, -0.05) is 55.8 Å². The smallest absolute Gasteiger partial charge is 0.290 e. The molecule has 0 atom stereocenters. The van der Waals surface area contributed by atoms with Gasteiger partial charge in [0.05, 0.1) is 5.88 Å². The Morgan fingerprint density at radius 2 is 1.66 bits per heavy atom. The number of carbonyl (C=O) groups excluding carboxylic acids is 1. The van der Waals surface area contributed by atoms with E-state index in [0.717, 1.165) is 60.2 Å². The largest absolute Gasteiger partial charge is 0.483 e. The van der Waals surface area contributed by atoms with Crippen molar-refractivity contribution in [3.05, 3.63) is 89.3 Å². The van der Waals surface area contributed by atoms with E-state index in [1.165, 1.54) is 11.8 Å². The van der Waals surface area contributed by atoms with Crippen LogP contribution in [0.5, 0.6) is 0 Å². The number of thioether (sulfide) groups is 1. The highest BCUT2D eigenvalue weighted by Gasteiger charge is 2.23. The summed E-state index contributed by atoms with van der Waals surface area (Å²) in [6.45, 7) is 2.29. The van der Waals surface area contributed by atoms with Crippen molar-refractivity contribution in [2.24, 2.45) is 11.7 Å². The number of carbonyl (C=O) groups is 2. The van der Waals surface area contributed by atoms with Crippen LogP contribution in [0.25, 0.3) is 11.1 Å². The summed E-state index contributed by atoms with van der Waals surface area (Å²) in [6.07, 6.45) is 6.40. The van der Waals surface area contributed by atoms with Crippen LogP contribution in [0.15, 0.2) is 83.7 Å². The molecule has 0 aromatic heterocycles. The van der Waals surface area contributed by atoms with Crippen molar-refractivity contribution < 1.29 is 23.5 Å². The Hall–Kier alpha value is -3.39. The first-order valence-corrected chi connectivity index (χ1v) is 12.2. The highest BCUT2D eigenvalue weighted by Crippen LogP contribution is 2.29. The van der Waals surface area contributed by atoms with Crippen molar-refractivity contribution in [3.8, 4) is 11.1 Å². The molecule has 0 aliphatic heterocycles. The molecule has 2 aromatic rings. The third-order valence-electron chi connectivity index (χ3n) is 5.57. The minimum atomic E-state index is -0.767. The predicted molar refractivity (Wildman–Crippen MR) is 140 cm³/mol. The highest BCUT2D eigenvalue weighted by atomic mass is 32.2. The number of nitrogens with two attached hydrogens (primary N) is 1. The van der Waals surface area contributed by atoms with Crippen LogP contribution < -0.4 is 11.1 Å². The summed E-state index contributed by atoms with van der Waals surface area (Å²) in [7, 11) is 0. The SMILES string of the molecule is C=C/C(F)=C\C(N)=C(/CF)SCNc1ccc(-c2ccc(C(=O)C3CCCC3)cc2)cc1.O=CO. The number of anilines is 1. The number of Topliss-reactive ketones (excluding diaryl/α,β-unsaturated/α-hetero) is 1. The standard InChI is InChI=1S/C26H28F2N2OS.CH2O2/c1-2-22(28)15-24(29)25(16-27)32-17-30-23-13-11-19(12-14-23)18-7-9-21(10-8-18)26(31)20-5-3-4-6-20;2-1-3/h2,7-15,20,30H,1,3-6,16-17,29H2;1H,(H,2,3)/b22-15+,25-24-;. The molecule has 0 saturated heterocycles. The summed E-state index contributed by atoms with van der Waals surface area (Å²) in [6, 6.07) is 15.6. The van der Waals surface area contributed by atoms with Crippen molar-refractivity contribution in [1.29, 1.82) is 0 Å². The first-order valence-electron chi connectivity index (χ1n) is 11.2. The van der Waals surface area contributed by atoms with E-state index < -0.39 is 12.5 Å². The Morgan fingerprint density at radius 1 is 1.11 bits per heavy atom. The number of hydrogen-bond donors (Lipinski definition) is 3. The molecule has 0 heterocycles. The average Bonchev–Trinajstić information content (AvgIpc) is 3.42. The molecule has 1 saturated carbocycles. The third-order valence-corrected chi connectivity index (χ3v) is 6.55. The van der Waals surface area contributed by atoms with Gasteiger partial charge in [-0.3, -0.25) is 9.59 Å². The van der Waals surface area contributed by atoms with Crippen LogP contribution in [0.2, 0.25) is 0 Å². The van der Waals surface area contributed by atoms with Crippen LogP contribution in [0.3, 0.4) is 0 Å². The second-order valence-corrected chi connectivity index (χ2v) is 8.89. The van der Waals surface area contributed by atoms with Gasteiger partial charge in [0.2, 0.25) is 0 Å². The minimum Gasteiger partial charge on any atom is -0.483 e. The zero-order chi connectivity index (χ0) is 25.6. The Kier molecular flexibility index (Phi) is 11.8. The van der Waals surface area contributed by atoms with Gasteiger partial charge < -0.3 is 16.2 Å². The summed E-state index contributed by atoms with van der Waals surface area (Å²) in [4.78, 5) is 21.2. The maximum atomic E-state index is 13.2. The van der Waals surface area contributed by atoms with Gasteiger partial charge in [0, 0.05) is 27.8 Å². The summed E-state index contributed by atoms with van der Waals surface area (Å²) in [5.41, 5.74) is 9.54. The van der Waals surface area contributed by atoms with Gasteiger partial charge in [-0.05, 0) is 48.3 Å². The van der Waals surface area contributed by atoms with Gasteiger partial charge in [-0.2, -0.15) is 0 Å². The molecule has 0 amide bonds. The van der Waals surface area contributed by atoms with Crippen molar-refractivity contribution in [3.63, 3.8) is 0 Å². The van der Waals surface area contributed by atoms with E-state index in [1.807, 2.05) is 48.5 Å². The summed E-state index contributed by atoms with van der Waals surface area (Å²) in [5, 5.41) is 10.1.